The van der Waals surface area contributed by atoms with Gasteiger partial charge in [0.2, 0.25) is 0 Å². The molecule has 0 saturated heterocycles. The third-order valence-electron chi connectivity index (χ3n) is 2.52. The molecule has 1 aromatic heterocycles. The Hall–Kier alpha value is -1.19. The molecule has 1 N–H and O–H groups in total. The van der Waals surface area contributed by atoms with Gasteiger partial charge in [-0.3, -0.25) is 0 Å². The van der Waals surface area contributed by atoms with E-state index in [0.717, 1.165) is 22.0 Å². The van der Waals surface area contributed by atoms with Crippen LogP contribution in [0.1, 0.15) is 26.7 Å². The predicted molar refractivity (Wildman–Crippen MR) is 66.8 cm³/mol. The van der Waals surface area contributed by atoms with E-state index in [1.165, 1.54) is 11.1 Å². The van der Waals surface area contributed by atoms with Crippen LogP contribution in [0, 0.1) is 13.8 Å². The molecule has 0 bridgehead atoms. The average Bonchev–Trinajstić information content (AvgIpc) is 2.58. The molecule has 2 rings (SSSR count). The zero-order valence-electron chi connectivity index (χ0n) is 9.53. The Kier molecular flexibility index (Phi) is 3.36. The second-order valence-electron chi connectivity index (χ2n) is 3.94. The Labute approximate surface area is 99.6 Å². The molecule has 0 radical (unpaired) electrons. The molecule has 0 atom stereocenters. The van der Waals surface area contributed by atoms with E-state index in [2.05, 4.69) is 36.2 Å². The van der Waals surface area contributed by atoms with Crippen LogP contribution in [0.4, 0.5) is 0 Å². The largest absolute Gasteiger partial charge is 0.391 e. The van der Waals surface area contributed by atoms with Crippen molar-refractivity contribution in [2.45, 2.75) is 26.9 Å². The van der Waals surface area contributed by atoms with Gasteiger partial charge in [0, 0.05) is 6.42 Å². The minimum Gasteiger partial charge on any atom is -0.391 e. The molecule has 1 aromatic carbocycles. The zero-order valence-corrected chi connectivity index (χ0v) is 10.3. The summed E-state index contributed by atoms with van der Waals surface area (Å²) in [4.78, 5) is 5.44. The van der Waals surface area contributed by atoms with Gasteiger partial charge in [0.15, 0.2) is 0 Å². The molecule has 0 spiro atoms. The fourth-order valence-electron chi connectivity index (χ4n) is 1.71. The Morgan fingerprint density at radius 1 is 1.31 bits per heavy atom. The normalized spacial score (nSPS) is 10.7. The second-order valence-corrected chi connectivity index (χ2v) is 5.11. The summed E-state index contributed by atoms with van der Waals surface area (Å²) in [6, 6.07) is 8.45. The van der Waals surface area contributed by atoms with E-state index in [-0.39, 0.29) is 6.61 Å². The van der Waals surface area contributed by atoms with Gasteiger partial charge in [-0.2, -0.15) is 0 Å². The first-order valence-corrected chi connectivity index (χ1v) is 6.12. The van der Waals surface area contributed by atoms with Gasteiger partial charge in [-0.25, -0.2) is 4.98 Å². The number of aryl methyl sites for hydroxylation is 2. The van der Waals surface area contributed by atoms with E-state index >= 15 is 0 Å². The first-order valence-electron chi connectivity index (χ1n) is 5.30. The lowest BCUT2D eigenvalue weighted by atomic mass is 10.1. The van der Waals surface area contributed by atoms with Gasteiger partial charge >= 0.3 is 0 Å². The third kappa shape index (κ3) is 2.49. The van der Waals surface area contributed by atoms with Crippen molar-refractivity contribution in [2.75, 3.05) is 0 Å². The second kappa shape index (κ2) is 4.76. The summed E-state index contributed by atoms with van der Waals surface area (Å²) in [5.41, 5.74) is 3.50. The maximum atomic E-state index is 9.11. The monoisotopic (exact) mass is 233 g/mol. The molecule has 3 heteroatoms. The van der Waals surface area contributed by atoms with Crippen molar-refractivity contribution in [1.29, 1.82) is 0 Å². The molecule has 84 valence electrons. The Morgan fingerprint density at radius 2 is 2.12 bits per heavy atom. The topological polar surface area (TPSA) is 33.1 Å². The van der Waals surface area contributed by atoms with Crippen LogP contribution in [0.2, 0.25) is 0 Å². The summed E-state index contributed by atoms with van der Waals surface area (Å²) in [5.74, 6) is 0. The smallest absolute Gasteiger partial charge is 0.0975 e. The van der Waals surface area contributed by atoms with Crippen LogP contribution in [0.15, 0.2) is 24.3 Å². The number of benzene rings is 1. The average molecular weight is 233 g/mol. The van der Waals surface area contributed by atoms with Crippen LogP contribution in [-0.2, 0) is 13.0 Å². The molecule has 16 heavy (non-hydrogen) atoms. The van der Waals surface area contributed by atoms with Crippen LogP contribution in [0.5, 0.6) is 0 Å². The molecule has 2 nitrogen and oxygen atoms in total. The number of thiazole rings is 1. The highest BCUT2D eigenvalue weighted by molar-refractivity contribution is 7.11. The van der Waals surface area contributed by atoms with Crippen LogP contribution >= 0.6 is 11.3 Å². The van der Waals surface area contributed by atoms with Crippen LogP contribution in [0.3, 0.4) is 0 Å². The standard InChI is InChI=1S/C13H15NOS/c1-9-4-3-5-11(6-9)7-13-14-10(2)12(8-15)16-13/h3-6,15H,7-8H2,1-2H3. The van der Waals surface area contributed by atoms with Crippen LogP contribution in [-0.4, -0.2) is 10.1 Å². The summed E-state index contributed by atoms with van der Waals surface area (Å²) in [5, 5.41) is 10.2. The number of hydrogen-bond donors (Lipinski definition) is 1. The summed E-state index contributed by atoms with van der Waals surface area (Å²) in [6.45, 7) is 4.13. The van der Waals surface area contributed by atoms with Crippen molar-refractivity contribution in [3.8, 4) is 0 Å². The van der Waals surface area contributed by atoms with E-state index in [0.29, 0.717) is 0 Å². The van der Waals surface area contributed by atoms with Gasteiger partial charge in [0.25, 0.3) is 0 Å². The van der Waals surface area contributed by atoms with Crippen LogP contribution in [0.25, 0.3) is 0 Å². The molecule has 0 aliphatic rings. The summed E-state index contributed by atoms with van der Waals surface area (Å²) >= 11 is 1.60. The molecule has 0 amide bonds. The molecular formula is C13H15NOS. The predicted octanol–water partition coefficient (Wildman–Crippen LogP) is 2.84. The molecule has 0 aliphatic heterocycles. The van der Waals surface area contributed by atoms with E-state index in [1.54, 1.807) is 11.3 Å². The number of nitrogens with zero attached hydrogens (tertiary/aromatic N) is 1. The van der Waals surface area contributed by atoms with Crippen LogP contribution < -0.4 is 0 Å². The van der Waals surface area contributed by atoms with Gasteiger partial charge in [-0.15, -0.1) is 11.3 Å². The molecule has 0 aliphatic carbocycles. The van der Waals surface area contributed by atoms with E-state index in [1.807, 2.05) is 6.92 Å². The fraction of sp³-hybridized carbons (Fsp3) is 0.308. The molecule has 0 saturated carbocycles. The lowest BCUT2D eigenvalue weighted by Gasteiger charge is -1.99. The number of aliphatic hydroxyl groups excluding tert-OH is 1. The molecule has 1 heterocycles. The van der Waals surface area contributed by atoms with Crippen molar-refractivity contribution in [3.05, 3.63) is 51.0 Å². The molecule has 0 fully saturated rings. The van der Waals surface area contributed by atoms with Gasteiger partial charge in [0.05, 0.1) is 22.2 Å². The van der Waals surface area contributed by atoms with E-state index in [9.17, 15) is 0 Å². The lowest BCUT2D eigenvalue weighted by molar-refractivity contribution is 0.284. The van der Waals surface area contributed by atoms with Crippen molar-refractivity contribution < 1.29 is 5.11 Å². The molecular weight excluding hydrogens is 218 g/mol. The summed E-state index contributed by atoms with van der Waals surface area (Å²) < 4.78 is 0. The number of aliphatic hydroxyl groups is 1. The van der Waals surface area contributed by atoms with E-state index in [4.69, 9.17) is 5.11 Å². The third-order valence-corrected chi connectivity index (χ3v) is 3.66. The quantitative estimate of drug-likeness (QED) is 0.884. The first kappa shape index (κ1) is 11.3. The zero-order chi connectivity index (χ0) is 11.5. The SMILES string of the molecule is Cc1cccc(Cc2nc(C)c(CO)s2)c1. The highest BCUT2D eigenvalue weighted by Crippen LogP contribution is 2.20. The van der Waals surface area contributed by atoms with E-state index < -0.39 is 0 Å². The van der Waals surface area contributed by atoms with Gasteiger partial charge in [-0.1, -0.05) is 29.8 Å². The van der Waals surface area contributed by atoms with Crippen molar-refractivity contribution in [1.82, 2.24) is 4.98 Å². The lowest BCUT2D eigenvalue weighted by Crippen LogP contribution is -1.87. The minimum absolute atomic E-state index is 0.0946. The number of rotatable bonds is 3. The Morgan fingerprint density at radius 3 is 2.75 bits per heavy atom. The molecule has 0 unspecified atom stereocenters. The van der Waals surface area contributed by atoms with Gasteiger partial charge in [0.1, 0.15) is 0 Å². The molecule has 2 aromatic rings. The number of hydrogen-bond acceptors (Lipinski definition) is 3. The number of aromatic nitrogens is 1. The maximum absolute atomic E-state index is 9.11. The highest BCUT2D eigenvalue weighted by Gasteiger charge is 2.07. The van der Waals surface area contributed by atoms with Crippen molar-refractivity contribution >= 4 is 11.3 Å². The Bertz CT molecular complexity index is 490. The summed E-state index contributed by atoms with van der Waals surface area (Å²) in [7, 11) is 0. The van der Waals surface area contributed by atoms with Crippen molar-refractivity contribution in [2.24, 2.45) is 0 Å². The highest BCUT2D eigenvalue weighted by atomic mass is 32.1. The minimum atomic E-state index is 0.0946. The van der Waals surface area contributed by atoms with Gasteiger partial charge < -0.3 is 5.11 Å². The first-order chi connectivity index (χ1) is 7.69. The maximum Gasteiger partial charge on any atom is 0.0975 e. The van der Waals surface area contributed by atoms with Crippen molar-refractivity contribution in [3.63, 3.8) is 0 Å². The Balaban J connectivity index is 2.20. The summed E-state index contributed by atoms with van der Waals surface area (Å²) in [6.07, 6.45) is 0.854. The fourth-order valence-corrected chi connectivity index (χ4v) is 2.67. The van der Waals surface area contributed by atoms with Gasteiger partial charge in [-0.05, 0) is 19.4 Å².